The molecule has 0 aliphatic carbocycles. The number of carbonyl (C=O) groups excluding carboxylic acids is 1. The fourth-order valence-corrected chi connectivity index (χ4v) is 4.37. The van der Waals surface area contributed by atoms with Gasteiger partial charge in [-0.15, -0.1) is 11.8 Å². The second-order valence-corrected chi connectivity index (χ2v) is 8.16. The number of amides is 1. The Morgan fingerprint density at radius 3 is 2.78 bits per heavy atom. The van der Waals surface area contributed by atoms with Crippen molar-refractivity contribution in [2.75, 3.05) is 39.5 Å². The molecule has 1 aromatic rings. The summed E-state index contributed by atoms with van der Waals surface area (Å²) in [7, 11) is 4.15. The summed E-state index contributed by atoms with van der Waals surface area (Å²) in [5, 5.41) is 0.0874. The molecule has 0 N–H and O–H groups in total. The van der Waals surface area contributed by atoms with Crippen molar-refractivity contribution in [2.45, 2.75) is 26.1 Å². The first-order valence-electron chi connectivity index (χ1n) is 8.11. The number of hydrogen-bond acceptors (Lipinski definition) is 4. The third-order valence-electron chi connectivity index (χ3n) is 3.76. The maximum Gasteiger partial charge on any atom is 0.233 e. The van der Waals surface area contributed by atoms with Crippen LogP contribution in [0.4, 0.5) is 0 Å². The lowest BCUT2D eigenvalue weighted by Gasteiger charge is -2.35. The minimum absolute atomic E-state index is 0.0554. The Bertz CT molecular complexity index is 546. The molecule has 1 heterocycles. The van der Waals surface area contributed by atoms with Crippen LogP contribution in [0, 0.1) is 5.41 Å². The van der Waals surface area contributed by atoms with Gasteiger partial charge in [-0.1, -0.05) is 26.0 Å². The first-order chi connectivity index (χ1) is 10.8. The first kappa shape index (κ1) is 18.1. The Morgan fingerprint density at radius 1 is 1.39 bits per heavy atom. The molecular formula is C18H28N2O2S. The molecule has 0 saturated carbocycles. The van der Waals surface area contributed by atoms with Crippen LogP contribution in [-0.2, 0) is 4.79 Å². The third kappa shape index (κ3) is 4.88. The van der Waals surface area contributed by atoms with E-state index < -0.39 is 0 Å². The highest BCUT2D eigenvalue weighted by molar-refractivity contribution is 8.00. The van der Waals surface area contributed by atoms with Crippen LogP contribution in [0.2, 0.25) is 0 Å². The number of hydrogen-bond donors (Lipinski definition) is 0. The van der Waals surface area contributed by atoms with Crippen LogP contribution >= 0.6 is 11.8 Å². The van der Waals surface area contributed by atoms with Gasteiger partial charge in [-0.3, -0.25) is 4.79 Å². The van der Waals surface area contributed by atoms with Crippen LogP contribution in [0.5, 0.6) is 5.75 Å². The van der Waals surface area contributed by atoms with Gasteiger partial charge in [0, 0.05) is 13.1 Å². The summed E-state index contributed by atoms with van der Waals surface area (Å²) in [5.41, 5.74) is 1.20. The molecule has 1 aliphatic rings. The zero-order valence-corrected chi connectivity index (χ0v) is 15.7. The number of benzene rings is 1. The molecule has 1 saturated heterocycles. The van der Waals surface area contributed by atoms with Crippen molar-refractivity contribution in [3.8, 4) is 5.75 Å². The smallest absolute Gasteiger partial charge is 0.233 e. The summed E-state index contributed by atoms with van der Waals surface area (Å²) in [5.74, 6) is 1.66. The van der Waals surface area contributed by atoms with Gasteiger partial charge >= 0.3 is 0 Å². The zero-order chi connectivity index (χ0) is 17.0. The third-order valence-corrected chi connectivity index (χ3v) is 5.02. The summed E-state index contributed by atoms with van der Waals surface area (Å²) < 4.78 is 5.60. The fraction of sp³-hybridized carbons (Fsp3) is 0.611. The topological polar surface area (TPSA) is 32.8 Å². The van der Waals surface area contributed by atoms with Crippen molar-refractivity contribution < 1.29 is 9.53 Å². The van der Waals surface area contributed by atoms with Gasteiger partial charge in [0.15, 0.2) is 0 Å². The van der Waals surface area contributed by atoms with E-state index in [4.69, 9.17) is 4.74 Å². The van der Waals surface area contributed by atoms with Crippen molar-refractivity contribution in [1.29, 1.82) is 0 Å². The molecule has 0 spiro atoms. The molecule has 0 aromatic heterocycles. The van der Waals surface area contributed by atoms with E-state index in [9.17, 15) is 4.79 Å². The average molecular weight is 337 g/mol. The highest BCUT2D eigenvalue weighted by Crippen LogP contribution is 2.41. The van der Waals surface area contributed by atoms with E-state index in [1.807, 2.05) is 24.0 Å². The lowest BCUT2D eigenvalue weighted by molar-refractivity contribution is -0.129. The molecule has 4 nitrogen and oxygen atoms in total. The van der Waals surface area contributed by atoms with Gasteiger partial charge in [0.25, 0.3) is 0 Å². The summed E-state index contributed by atoms with van der Waals surface area (Å²) in [6, 6.07) is 8.12. The van der Waals surface area contributed by atoms with Gasteiger partial charge in [0.05, 0.1) is 12.4 Å². The maximum atomic E-state index is 12.4. The fourth-order valence-electron chi connectivity index (χ4n) is 3.19. The second-order valence-electron chi connectivity index (χ2n) is 7.09. The number of rotatable bonds is 7. The number of thioether (sulfide) groups is 1. The van der Waals surface area contributed by atoms with E-state index >= 15 is 0 Å². The zero-order valence-electron chi connectivity index (χ0n) is 14.8. The molecule has 2 rings (SSSR count). The normalized spacial score (nSPS) is 18.8. The Balaban J connectivity index is 2.17. The highest BCUT2D eigenvalue weighted by Gasteiger charge is 2.36. The number of ether oxygens (including phenoxy) is 1. The summed E-state index contributed by atoms with van der Waals surface area (Å²) in [4.78, 5) is 16.6. The van der Waals surface area contributed by atoms with E-state index in [1.165, 1.54) is 0 Å². The van der Waals surface area contributed by atoms with E-state index in [2.05, 4.69) is 45.0 Å². The Hall–Kier alpha value is -1.20. The van der Waals surface area contributed by atoms with Gasteiger partial charge in [-0.2, -0.15) is 0 Å². The molecule has 0 radical (unpaired) electrons. The van der Waals surface area contributed by atoms with E-state index in [0.29, 0.717) is 12.4 Å². The van der Waals surface area contributed by atoms with Gasteiger partial charge in [0.1, 0.15) is 11.1 Å². The van der Waals surface area contributed by atoms with Crippen molar-refractivity contribution in [1.82, 2.24) is 9.80 Å². The van der Waals surface area contributed by atoms with Crippen LogP contribution in [0.15, 0.2) is 24.3 Å². The minimum atomic E-state index is 0.0554. The SMILES string of the molecule is CCOc1cccc(C2SCC(=O)N2CC(C)(C)CN(C)C)c1. The molecule has 1 fully saturated rings. The molecule has 5 heteroatoms. The van der Waals surface area contributed by atoms with E-state index in [1.54, 1.807) is 11.8 Å². The molecule has 1 aromatic carbocycles. The first-order valence-corrected chi connectivity index (χ1v) is 9.16. The number of nitrogens with zero attached hydrogens (tertiary/aromatic N) is 2. The second kappa shape index (κ2) is 7.58. The van der Waals surface area contributed by atoms with Crippen molar-refractivity contribution in [2.24, 2.45) is 5.41 Å². The van der Waals surface area contributed by atoms with Gasteiger partial charge in [-0.05, 0) is 44.1 Å². The number of carbonyl (C=O) groups is 1. The molecule has 0 bridgehead atoms. The van der Waals surface area contributed by atoms with Gasteiger partial charge in [0.2, 0.25) is 5.91 Å². The lowest BCUT2D eigenvalue weighted by Crippen LogP contribution is -2.41. The van der Waals surface area contributed by atoms with Crippen LogP contribution in [0.25, 0.3) is 0 Å². The predicted octanol–water partition coefficient (Wildman–Crippen LogP) is 3.25. The van der Waals surface area contributed by atoms with Gasteiger partial charge < -0.3 is 14.5 Å². The molecule has 23 heavy (non-hydrogen) atoms. The quantitative estimate of drug-likeness (QED) is 0.765. The van der Waals surface area contributed by atoms with Crippen molar-refractivity contribution in [3.63, 3.8) is 0 Å². The summed E-state index contributed by atoms with van der Waals surface area (Å²) in [6.45, 7) is 8.79. The molecular weight excluding hydrogens is 308 g/mol. The molecule has 1 unspecified atom stereocenters. The largest absolute Gasteiger partial charge is 0.494 e. The summed E-state index contributed by atoms with van der Waals surface area (Å²) in [6.07, 6.45) is 0. The lowest BCUT2D eigenvalue weighted by atomic mass is 9.92. The molecule has 1 aliphatic heterocycles. The standard InChI is InChI=1S/C18H28N2O2S/c1-6-22-15-9-7-8-14(10-15)17-20(16(21)11-23-17)13-18(2,3)12-19(4)5/h7-10,17H,6,11-13H2,1-5H3. The van der Waals surface area contributed by atoms with Crippen LogP contribution < -0.4 is 4.74 Å². The molecule has 1 amide bonds. The maximum absolute atomic E-state index is 12.4. The Kier molecular flexibility index (Phi) is 5.98. The average Bonchev–Trinajstić information content (AvgIpc) is 2.79. The monoisotopic (exact) mass is 336 g/mol. The van der Waals surface area contributed by atoms with Crippen LogP contribution in [0.1, 0.15) is 31.7 Å². The van der Waals surface area contributed by atoms with E-state index in [-0.39, 0.29) is 16.7 Å². The summed E-state index contributed by atoms with van der Waals surface area (Å²) >= 11 is 1.71. The van der Waals surface area contributed by atoms with Gasteiger partial charge in [-0.25, -0.2) is 0 Å². The van der Waals surface area contributed by atoms with E-state index in [0.717, 1.165) is 24.4 Å². The molecule has 1 atom stereocenters. The van der Waals surface area contributed by atoms with Crippen molar-refractivity contribution in [3.05, 3.63) is 29.8 Å². The Morgan fingerprint density at radius 2 is 2.13 bits per heavy atom. The Labute approximate surface area is 144 Å². The van der Waals surface area contributed by atoms with Crippen LogP contribution in [-0.4, -0.2) is 55.3 Å². The highest BCUT2D eigenvalue weighted by atomic mass is 32.2. The minimum Gasteiger partial charge on any atom is -0.494 e. The molecule has 128 valence electrons. The van der Waals surface area contributed by atoms with Crippen LogP contribution in [0.3, 0.4) is 0 Å². The van der Waals surface area contributed by atoms with Crippen molar-refractivity contribution >= 4 is 17.7 Å². The predicted molar refractivity (Wildman–Crippen MR) is 96.9 cm³/mol.